The third-order valence-electron chi connectivity index (χ3n) is 3.07. The lowest BCUT2D eigenvalue weighted by atomic mass is 10.2. The summed E-state index contributed by atoms with van der Waals surface area (Å²) in [5, 5.41) is 7.11. The van der Waals surface area contributed by atoms with Crippen molar-refractivity contribution in [2.45, 2.75) is 26.8 Å². The van der Waals surface area contributed by atoms with E-state index in [4.69, 9.17) is 0 Å². The molecular weight excluding hydrogens is 254 g/mol. The Kier molecular flexibility index (Phi) is 4.55. The lowest BCUT2D eigenvalue weighted by molar-refractivity contribution is 0.0942. The minimum Gasteiger partial charge on any atom is -0.350 e. The molecule has 1 N–H and O–H groups in total. The van der Waals surface area contributed by atoms with Gasteiger partial charge in [0.15, 0.2) is 0 Å². The maximum Gasteiger partial charge on any atom is 0.269 e. The van der Waals surface area contributed by atoms with Gasteiger partial charge >= 0.3 is 0 Å². The molecule has 2 heterocycles. The van der Waals surface area contributed by atoms with Gasteiger partial charge in [0.05, 0.1) is 6.33 Å². The Morgan fingerprint density at radius 1 is 1.45 bits per heavy atom. The summed E-state index contributed by atoms with van der Waals surface area (Å²) in [7, 11) is 1.95. The van der Waals surface area contributed by atoms with Gasteiger partial charge in [-0.15, -0.1) is 0 Å². The molecule has 0 saturated heterocycles. The van der Waals surface area contributed by atoms with E-state index in [-0.39, 0.29) is 5.91 Å². The first-order valence-corrected chi connectivity index (χ1v) is 6.83. The molecule has 0 saturated carbocycles. The van der Waals surface area contributed by atoms with Gasteiger partial charge in [0, 0.05) is 44.6 Å². The Morgan fingerprint density at radius 2 is 2.25 bits per heavy atom. The Bertz CT molecular complexity index is 570. The fourth-order valence-corrected chi connectivity index (χ4v) is 2.04. The van der Waals surface area contributed by atoms with Crippen molar-refractivity contribution >= 4 is 5.91 Å². The molecule has 1 amide bonds. The minimum absolute atomic E-state index is 0.0784. The van der Waals surface area contributed by atoms with Crippen molar-refractivity contribution in [3.05, 3.63) is 36.2 Å². The first kappa shape index (κ1) is 14.3. The summed E-state index contributed by atoms with van der Waals surface area (Å²) in [6.45, 7) is 5.54. The second-order valence-corrected chi connectivity index (χ2v) is 5.29. The first-order chi connectivity index (χ1) is 9.58. The normalized spacial score (nSPS) is 11.0. The summed E-state index contributed by atoms with van der Waals surface area (Å²) in [6, 6.07) is 1.75. The van der Waals surface area contributed by atoms with Gasteiger partial charge in [0.25, 0.3) is 5.91 Å². The highest BCUT2D eigenvalue weighted by Gasteiger charge is 2.12. The molecule has 0 aliphatic carbocycles. The first-order valence-electron chi connectivity index (χ1n) is 6.83. The Labute approximate surface area is 118 Å². The average molecular weight is 275 g/mol. The third-order valence-corrected chi connectivity index (χ3v) is 3.07. The van der Waals surface area contributed by atoms with E-state index in [9.17, 15) is 4.79 Å². The summed E-state index contributed by atoms with van der Waals surface area (Å²) in [5.41, 5.74) is 1.71. The maximum absolute atomic E-state index is 12.1. The van der Waals surface area contributed by atoms with Crippen LogP contribution in [0.5, 0.6) is 0 Å². The second kappa shape index (κ2) is 6.36. The number of aromatic nitrogens is 4. The fourth-order valence-electron chi connectivity index (χ4n) is 2.04. The molecule has 2 aromatic rings. The van der Waals surface area contributed by atoms with Crippen LogP contribution in [0.1, 0.15) is 30.0 Å². The topological polar surface area (TPSA) is 64.7 Å². The van der Waals surface area contributed by atoms with Crippen LogP contribution < -0.4 is 5.32 Å². The zero-order valence-corrected chi connectivity index (χ0v) is 12.2. The number of hydrogen-bond donors (Lipinski definition) is 1. The van der Waals surface area contributed by atoms with Crippen LogP contribution in [0.2, 0.25) is 0 Å². The van der Waals surface area contributed by atoms with Crippen LogP contribution in [-0.4, -0.2) is 31.8 Å². The third kappa shape index (κ3) is 3.46. The van der Waals surface area contributed by atoms with E-state index in [2.05, 4.69) is 29.2 Å². The summed E-state index contributed by atoms with van der Waals surface area (Å²) in [6.07, 6.45) is 6.00. The van der Waals surface area contributed by atoms with Crippen LogP contribution in [0.25, 0.3) is 0 Å². The number of aryl methyl sites for hydroxylation is 1. The molecule has 20 heavy (non-hydrogen) atoms. The molecule has 2 rings (SSSR count). The van der Waals surface area contributed by atoms with Crippen LogP contribution in [-0.2, 0) is 20.0 Å². The number of hydrogen-bond acceptors (Lipinski definition) is 3. The highest BCUT2D eigenvalue weighted by molar-refractivity contribution is 5.92. The molecular formula is C14H21N5O. The Hall–Kier alpha value is -2.11. The van der Waals surface area contributed by atoms with Gasteiger partial charge in [-0.05, 0) is 12.0 Å². The quantitative estimate of drug-likeness (QED) is 0.862. The number of nitrogens with one attached hydrogen (secondary N) is 1. The van der Waals surface area contributed by atoms with Crippen molar-refractivity contribution in [2.75, 3.05) is 6.54 Å². The predicted molar refractivity (Wildman–Crippen MR) is 76.3 cm³/mol. The number of imidazole rings is 1. The lowest BCUT2D eigenvalue weighted by Gasteiger charge is -2.10. The van der Waals surface area contributed by atoms with Crippen LogP contribution >= 0.6 is 0 Å². The zero-order valence-electron chi connectivity index (χ0n) is 12.2. The van der Waals surface area contributed by atoms with Crippen molar-refractivity contribution in [3.8, 4) is 0 Å². The van der Waals surface area contributed by atoms with Gasteiger partial charge < -0.3 is 9.88 Å². The van der Waals surface area contributed by atoms with Gasteiger partial charge in [-0.2, -0.15) is 5.10 Å². The van der Waals surface area contributed by atoms with Gasteiger partial charge in [0.1, 0.15) is 5.69 Å². The van der Waals surface area contributed by atoms with Gasteiger partial charge in [-0.25, -0.2) is 4.98 Å². The van der Waals surface area contributed by atoms with Gasteiger partial charge in [0.2, 0.25) is 0 Å². The molecule has 0 radical (unpaired) electrons. The number of nitrogens with zero attached hydrogens (tertiary/aromatic N) is 4. The SMILES string of the molecule is CC(C)Cn1nccc1C(=O)NCCc1cncn1C. The van der Waals surface area contributed by atoms with E-state index in [1.54, 1.807) is 23.3 Å². The smallest absolute Gasteiger partial charge is 0.269 e. The Morgan fingerprint density at radius 3 is 2.90 bits per heavy atom. The minimum atomic E-state index is -0.0784. The monoisotopic (exact) mass is 275 g/mol. The fraction of sp³-hybridized carbons (Fsp3) is 0.500. The van der Waals surface area contributed by atoms with Crippen molar-refractivity contribution in [1.29, 1.82) is 0 Å². The Balaban J connectivity index is 1.89. The number of rotatable bonds is 6. The number of amides is 1. The molecule has 6 heteroatoms. The zero-order chi connectivity index (χ0) is 14.5. The van der Waals surface area contributed by atoms with Crippen LogP contribution in [0, 0.1) is 5.92 Å². The van der Waals surface area contributed by atoms with Gasteiger partial charge in [-0.3, -0.25) is 9.48 Å². The molecule has 2 aromatic heterocycles. The molecule has 0 aliphatic rings. The van der Waals surface area contributed by atoms with Crippen molar-refractivity contribution in [2.24, 2.45) is 13.0 Å². The van der Waals surface area contributed by atoms with Crippen molar-refractivity contribution in [1.82, 2.24) is 24.6 Å². The molecule has 0 aromatic carbocycles. The van der Waals surface area contributed by atoms with Crippen LogP contribution in [0.15, 0.2) is 24.8 Å². The van der Waals surface area contributed by atoms with Crippen LogP contribution in [0.3, 0.4) is 0 Å². The largest absolute Gasteiger partial charge is 0.350 e. The van der Waals surface area contributed by atoms with E-state index < -0.39 is 0 Å². The number of carbonyl (C=O) groups is 1. The molecule has 0 fully saturated rings. The van der Waals surface area contributed by atoms with Gasteiger partial charge in [-0.1, -0.05) is 13.8 Å². The molecule has 0 bridgehead atoms. The van der Waals surface area contributed by atoms with E-state index in [1.165, 1.54) is 0 Å². The summed E-state index contributed by atoms with van der Waals surface area (Å²) >= 11 is 0. The highest BCUT2D eigenvalue weighted by Crippen LogP contribution is 2.04. The molecule has 0 spiro atoms. The molecule has 0 unspecified atom stereocenters. The lowest BCUT2D eigenvalue weighted by Crippen LogP contribution is -2.29. The highest BCUT2D eigenvalue weighted by atomic mass is 16.2. The van der Waals surface area contributed by atoms with E-state index in [1.807, 2.05) is 17.8 Å². The number of carbonyl (C=O) groups excluding carboxylic acids is 1. The van der Waals surface area contributed by atoms with E-state index in [0.29, 0.717) is 18.2 Å². The van der Waals surface area contributed by atoms with E-state index in [0.717, 1.165) is 18.7 Å². The summed E-state index contributed by atoms with van der Waals surface area (Å²) < 4.78 is 3.71. The molecule has 0 aliphatic heterocycles. The summed E-state index contributed by atoms with van der Waals surface area (Å²) in [4.78, 5) is 16.2. The summed E-state index contributed by atoms with van der Waals surface area (Å²) in [5.74, 6) is 0.376. The standard InChI is InChI=1S/C14H21N5O/c1-11(2)9-19-13(5-7-17-19)14(20)16-6-4-12-8-15-10-18(12)3/h5,7-8,10-11H,4,6,9H2,1-3H3,(H,16,20). The molecule has 108 valence electrons. The van der Waals surface area contributed by atoms with E-state index >= 15 is 0 Å². The molecule has 6 nitrogen and oxygen atoms in total. The predicted octanol–water partition coefficient (Wildman–Crippen LogP) is 1.25. The molecule has 0 atom stereocenters. The van der Waals surface area contributed by atoms with Crippen molar-refractivity contribution in [3.63, 3.8) is 0 Å². The average Bonchev–Trinajstić information content (AvgIpc) is 2.98. The van der Waals surface area contributed by atoms with Crippen LogP contribution in [0.4, 0.5) is 0 Å². The maximum atomic E-state index is 12.1. The van der Waals surface area contributed by atoms with Crippen molar-refractivity contribution < 1.29 is 4.79 Å². The second-order valence-electron chi connectivity index (χ2n) is 5.29.